The summed E-state index contributed by atoms with van der Waals surface area (Å²) in [4.78, 5) is 71.1. The van der Waals surface area contributed by atoms with E-state index in [1.165, 1.54) is 13.2 Å². The van der Waals surface area contributed by atoms with Crippen LogP contribution < -0.4 is 20.7 Å². The van der Waals surface area contributed by atoms with E-state index in [1.807, 2.05) is 16.9 Å². The zero-order chi connectivity index (χ0) is 43.5. The monoisotopic (exact) mass is 854 g/mol. The Morgan fingerprint density at radius 1 is 0.952 bits per heavy atom. The maximum atomic E-state index is 13.6. The number of carbonyl (C=O) groups excluding carboxylic acids is 5. The van der Waals surface area contributed by atoms with Gasteiger partial charge in [0.2, 0.25) is 11.8 Å². The molecule has 0 bridgehead atoms. The van der Waals surface area contributed by atoms with Gasteiger partial charge in [-0.3, -0.25) is 38.9 Å². The highest BCUT2D eigenvalue weighted by molar-refractivity contribution is 6.25. The van der Waals surface area contributed by atoms with Gasteiger partial charge in [0.1, 0.15) is 23.2 Å². The molecule has 62 heavy (non-hydrogen) atoms. The molecule has 17 heteroatoms. The lowest BCUT2D eigenvalue weighted by Crippen LogP contribution is -2.54. The highest BCUT2D eigenvalue weighted by atomic mass is 19.4. The van der Waals surface area contributed by atoms with Crippen LogP contribution in [-0.4, -0.2) is 92.9 Å². The number of ether oxygens (including phenoxy) is 1. The van der Waals surface area contributed by atoms with E-state index in [9.17, 15) is 37.1 Å². The highest BCUT2D eigenvalue weighted by Crippen LogP contribution is 2.53. The van der Waals surface area contributed by atoms with Crippen LogP contribution in [0, 0.1) is 11.3 Å². The number of imide groups is 2. The van der Waals surface area contributed by atoms with Gasteiger partial charge in [0.25, 0.3) is 17.7 Å². The van der Waals surface area contributed by atoms with E-state index in [2.05, 4.69) is 32.9 Å². The van der Waals surface area contributed by atoms with Gasteiger partial charge >= 0.3 is 6.18 Å². The number of carbonyl (C=O) groups is 5. The van der Waals surface area contributed by atoms with Gasteiger partial charge in [-0.25, -0.2) is 4.98 Å². The summed E-state index contributed by atoms with van der Waals surface area (Å²) in [7, 11) is 3.70. The number of nitrogens with one attached hydrogen (secondary N) is 3. The van der Waals surface area contributed by atoms with Gasteiger partial charge in [-0.05, 0) is 119 Å². The van der Waals surface area contributed by atoms with Gasteiger partial charge < -0.3 is 20.3 Å². The fourth-order valence-electron chi connectivity index (χ4n) is 10.6. The minimum atomic E-state index is -4.67. The number of aromatic nitrogens is 3. The normalized spacial score (nSPS) is 26.4. The summed E-state index contributed by atoms with van der Waals surface area (Å²) in [6, 6.07) is 11.8. The summed E-state index contributed by atoms with van der Waals surface area (Å²) in [6.45, 7) is 1.04. The maximum Gasteiger partial charge on any atom is 0.433 e. The third-order valence-corrected chi connectivity index (χ3v) is 13.9. The number of hydrogen-bond donors (Lipinski definition) is 3. The minimum absolute atomic E-state index is 0.0786. The number of nitrogens with zero attached hydrogens (tertiary/aromatic N) is 5. The third kappa shape index (κ3) is 7.90. The molecular weight excluding hydrogens is 806 g/mol. The topological polar surface area (TPSA) is 168 Å². The van der Waals surface area contributed by atoms with Crippen molar-refractivity contribution in [2.24, 2.45) is 11.3 Å². The Hall–Kier alpha value is -5.84. The van der Waals surface area contributed by atoms with Gasteiger partial charge in [-0.15, -0.1) is 0 Å². The van der Waals surface area contributed by atoms with E-state index >= 15 is 0 Å². The number of alkyl halides is 3. The smallest absolute Gasteiger partial charge is 0.433 e. The first-order valence-electron chi connectivity index (χ1n) is 21.4. The van der Waals surface area contributed by atoms with Crippen molar-refractivity contribution in [3.8, 4) is 5.75 Å². The molecule has 5 aliphatic rings. The van der Waals surface area contributed by atoms with Crippen molar-refractivity contribution in [2.45, 2.75) is 107 Å². The lowest BCUT2D eigenvalue weighted by Gasteiger charge is -2.53. The molecule has 14 nitrogen and oxygen atoms in total. The van der Waals surface area contributed by atoms with E-state index in [0.717, 1.165) is 93.2 Å². The summed E-state index contributed by atoms with van der Waals surface area (Å²) >= 11 is 0. The van der Waals surface area contributed by atoms with Gasteiger partial charge in [0.15, 0.2) is 0 Å². The summed E-state index contributed by atoms with van der Waals surface area (Å²) in [5.74, 6) is -1.88. The molecule has 326 valence electrons. The first kappa shape index (κ1) is 41.5. The lowest BCUT2D eigenvalue weighted by atomic mass is 9.57. The van der Waals surface area contributed by atoms with Crippen LogP contribution in [-0.2, 0) is 15.8 Å². The van der Waals surface area contributed by atoms with Crippen LogP contribution in [0.3, 0.4) is 0 Å². The van der Waals surface area contributed by atoms with Gasteiger partial charge in [0, 0.05) is 48.4 Å². The van der Waals surface area contributed by atoms with Crippen molar-refractivity contribution in [3.63, 3.8) is 0 Å². The number of anilines is 2. The van der Waals surface area contributed by atoms with Crippen LogP contribution in [0.1, 0.15) is 120 Å². The molecule has 3 saturated carbocycles. The van der Waals surface area contributed by atoms with E-state index in [-0.39, 0.29) is 41.6 Å². The van der Waals surface area contributed by atoms with Crippen molar-refractivity contribution in [3.05, 3.63) is 77.2 Å². The molecule has 5 amide bonds. The zero-order valence-electron chi connectivity index (χ0n) is 34.6. The summed E-state index contributed by atoms with van der Waals surface area (Å²) in [5.41, 5.74) is 0.978. The Morgan fingerprint density at radius 2 is 1.69 bits per heavy atom. The molecule has 2 aliphatic heterocycles. The molecule has 1 spiro atoms. The largest absolute Gasteiger partial charge is 0.494 e. The second-order valence-corrected chi connectivity index (χ2v) is 17.9. The predicted octanol–water partition coefficient (Wildman–Crippen LogP) is 6.98. The first-order chi connectivity index (χ1) is 29.7. The van der Waals surface area contributed by atoms with E-state index in [4.69, 9.17) is 9.84 Å². The molecule has 0 radical (unpaired) electrons. The van der Waals surface area contributed by atoms with Gasteiger partial charge in [-0.1, -0.05) is 12.1 Å². The SMILES string of the molecule is COc1cc2nn([C@H]3CC[C@H](CN(C)[C@H]4CCC5(CC4)C[C@H](Nc4cccc6c4C(=O)N(C4CCC(=O)NC4=O)C6=O)C5)CC3)cc2cc1NC(=O)c1cccc(C(F)(F)F)n1. The molecule has 2 aromatic carbocycles. The number of amides is 5. The molecule has 4 fully saturated rings. The average Bonchev–Trinajstić information content (AvgIpc) is 3.77. The number of rotatable bonds is 10. The Balaban J connectivity index is 0.744. The summed E-state index contributed by atoms with van der Waals surface area (Å²) in [5, 5.41) is 14.1. The third-order valence-electron chi connectivity index (χ3n) is 13.9. The maximum absolute atomic E-state index is 13.6. The summed E-state index contributed by atoms with van der Waals surface area (Å²) < 4.78 is 47.1. The predicted molar refractivity (Wildman–Crippen MR) is 222 cm³/mol. The van der Waals surface area contributed by atoms with Crippen molar-refractivity contribution < 1.29 is 41.9 Å². The Morgan fingerprint density at radius 3 is 2.40 bits per heavy atom. The van der Waals surface area contributed by atoms with Crippen LogP contribution in [0.4, 0.5) is 24.5 Å². The van der Waals surface area contributed by atoms with Crippen LogP contribution in [0.25, 0.3) is 10.9 Å². The van der Waals surface area contributed by atoms with Gasteiger partial charge in [0.05, 0.1) is 35.5 Å². The molecule has 2 aromatic heterocycles. The molecule has 4 heterocycles. The fraction of sp³-hybridized carbons (Fsp3) is 0.489. The molecule has 3 aliphatic carbocycles. The molecular formula is C45H49F3N8O6. The van der Waals surface area contributed by atoms with Crippen molar-refractivity contribution in [1.82, 2.24) is 29.9 Å². The Bertz CT molecular complexity index is 2450. The summed E-state index contributed by atoms with van der Waals surface area (Å²) in [6.07, 6.45) is 8.15. The minimum Gasteiger partial charge on any atom is -0.494 e. The number of halogens is 3. The second kappa shape index (κ2) is 16.1. The highest BCUT2D eigenvalue weighted by Gasteiger charge is 2.49. The van der Waals surface area contributed by atoms with E-state index < -0.39 is 47.4 Å². The van der Waals surface area contributed by atoms with Crippen LogP contribution in [0.2, 0.25) is 0 Å². The molecule has 4 aromatic rings. The first-order valence-corrected chi connectivity index (χ1v) is 21.4. The Kier molecular flexibility index (Phi) is 10.8. The second-order valence-electron chi connectivity index (χ2n) is 17.9. The number of piperidine rings is 1. The average molecular weight is 855 g/mol. The standard InChI is InChI=1S/C45H49F3N8O6/c1-54(28-15-17-44(18-16-28)21-27(22-44)49-31-6-3-5-30-39(31)43(61)56(42(30)60)35-13-14-38(57)52-41(35)59)23-25-9-11-29(12-10-25)55-24-26-19-34(36(62-2)20-33(26)53-55)51-40(58)32-7-4-8-37(50-32)45(46,47)48/h3-8,19-20,24-25,27-29,35,49H,9-18,21-23H2,1-2H3,(H,51,58)(H,52,57,59)/t25-,27-,28-,29-,35?,44?. The molecule has 9 rings (SSSR count). The van der Waals surface area contributed by atoms with E-state index in [1.54, 1.807) is 24.3 Å². The van der Waals surface area contributed by atoms with Crippen LogP contribution >= 0.6 is 0 Å². The van der Waals surface area contributed by atoms with Crippen LogP contribution in [0.15, 0.2) is 54.7 Å². The Labute approximate surface area is 355 Å². The number of hydrogen-bond acceptors (Lipinski definition) is 10. The lowest BCUT2D eigenvalue weighted by molar-refractivity contribution is -0.141. The number of methoxy groups -OCH3 is 1. The quantitative estimate of drug-likeness (QED) is 0.142. The number of benzene rings is 2. The van der Waals surface area contributed by atoms with Crippen molar-refractivity contribution in [2.75, 3.05) is 31.3 Å². The number of pyridine rings is 1. The number of fused-ring (bicyclic) bond motifs is 2. The fourth-order valence-corrected chi connectivity index (χ4v) is 10.6. The molecule has 3 N–H and O–H groups in total. The van der Waals surface area contributed by atoms with E-state index in [0.29, 0.717) is 40.2 Å². The van der Waals surface area contributed by atoms with Crippen LogP contribution in [0.5, 0.6) is 5.75 Å². The van der Waals surface area contributed by atoms with Crippen molar-refractivity contribution >= 4 is 51.8 Å². The van der Waals surface area contributed by atoms with Crippen molar-refractivity contribution in [1.29, 1.82) is 0 Å². The molecule has 1 unspecified atom stereocenters. The zero-order valence-corrected chi connectivity index (χ0v) is 34.6. The molecule has 1 atom stereocenters. The molecule has 1 saturated heterocycles. The van der Waals surface area contributed by atoms with Gasteiger partial charge in [-0.2, -0.15) is 18.3 Å².